The van der Waals surface area contributed by atoms with E-state index in [1.165, 1.54) is 66.9 Å². The van der Waals surface area contributed by atoms with Gasteiger partial charge in [-0.2, -0.15) is 0 Å². The molecule has 0 aliphatic carbocycles. The number of fused-ring (bicyclic) bond motifs is 6. The van der Waals surface area contributed by atoms with Gasteiger partial charge in [-0.1, -0.05) is 131 Å². The molecule has 0 saturated heterocycles. The molecular formula is C42H29BrN2. The first-order valence-electron chi connectivity index (χ1n) is 15.5. The second kappa shape index (κ2) is 10.5. The van der Waals surface area contributed by atoms with Crippen LogP contribution < -0.4 is 9.80 Å². The van der Waals surface area contributed by atoms with E-state index in [1.807, 2.05) is 0 Å². The predicted octanol–water partition coefficient (Wildman–Crippen LogP) is 12.0. The van der Waals surface area contributed by atoms with Gasteiger partial charge in [0, 0.05) is 38.3 Å². The van der Waals surface area contributed by atoms with Crippen LogP contribution in [-0.4, -0.2) is 0 Å². The Kier molecular flexibility index (Phi) is 6.14. The van der Waals surface area contributed by atoms with E-state index in [-0.39, 0.29) is 12.1 Å². The van der Waals surface area contributed by atoms with Gasteiger partial charge < -0.3 is 9.80 Å². The third kappa shape index (κ3) is 4.22. The molecule has 2 unspecified atom stereocenters. The number of hydrogen-bond acceptors (Lipinski definition) is 2. The van der Waals surface area contributed by atoms with Crippen LogP contribution in [-0.2, 0) is 0 Å². The van der Waals surface area contributed by atoms with E-state index in [0.29, 0.717) is 0 Å². The van der Waals surface area contributed by atoms with Crippen LogP contribution in [0.25, 0.3) is 33.0 Å². The van der Waals surface area contributed by atoms with Gasteiger partial charge >= 0.3 is 0 Å². The molecule has 0 aromatic heterocycles. The predicted molar refractivity (Wildman–Crippen MR) is 192 cm³/mol. The molecule has 2 heterocycles. The summed E-state index contributed by atoms with van der Waals surface area (Å²) in [6.07, 6.45) is 0. The largest absolute Gasteiger partial charge is 0.331 e. The highest BCUT2D eigenvalue weighted by molar-refractivity contribution is 9.10. The lowest BCUT2D eigenvalue weighted by Crippen LogP contribution is -2.24. The average molecular weight is 642 g/mol. The molecule has 2 atom stereocenters. The molecule has 0 spiro atoms. The molecule has 0 fully saturated rings. The minimum Gasteiger partial charge on any atom is -0.331 e. The van der Waals surface area contributed by atoms with Crippen molar-refractivity contribution in [2.45, 2.75) is 12.1 Å². The van der Waals surface area contributed by atoms with E-state index in [9.17, 15) is 0 Å². The van der Waals surface area contributed by atoms with E-state index in [2.05, 4.69) is 190 Å². The van der Waals surface area contributed by atoms with Gasteiger partial charge in [-0.05, 0) is 81.6 Å². The minimum atomic E-state index is 0.142. The summed E-state index contributed by atoms with van der Waals surface area (Å²) >= 11 is 3.77. The fourth-order valence-corrected chi connectivity index (χ4v) is 7.83. The molecule has 0 bridgehead atoms. The number of benzene rings is 7. The maximum Gasteiger partial charge on any atom is 0.0861 e. The van der Waals surface area contributed by atoms with Gasteiger partial charge in [-0.3, -0.25) is 0 Å². The summed E-state index contributed by atoms with van der Waals surface area (Å²) in [4.78, 5) is 5.10. The average Bonchev–Trinajstić information content (AvgIpc) is 3.60. The molecule has 2 aliphatic heterocycles. The van der Waals surface area contributed by atoms with Crippen LogP contribution in [0.4, 0.5) is 22.7 Å². The molecule has 2 aliphatic rings. The molecule has 7 aromatic carbocycles. The molecule has 3 heteroatoms. The molecule has 214 valence electrons. The lowest BCUT2D eigenvalue weighted by atomic mass is 9.94. The van der Waals surface area contributed by atoms with Crippen LogP contribution in [0, 0.1) is 0 Å². The van der Waals surface area contributed by atoms with E-state index in [4.69, 9.17) is 0 Å². The lowest BCUT2D eigenvalue weighted by Gasteiger charge is -2.29. The summed E-state index contributed by atoms with van der Waals surface area (Å²) in [5.74, 6) is 0. The third-order valence-corrected chi connectivity index (χ3v) is 9.89. The zero-order valence-electron chi connectivity index (χ0n) is 24.5. The Hall–Kier alpha value is -5.12. The molecule has 0 radical (unpaired) electrons. The van der Waals surface area contributed by atoms with E-state index in [0.717, 1.165) is 4.47 Å². The van der Waals surface area contributed by atoms with Gasteiger partial charge in [0.15, 0.2) is 0 Å². The van der Waals surface area contributed by atoms with Crippen LogP contribution in [0.15, 0.2) is 168 Å². The number of rotatable bonds is 4. The molecule has 9 rings (SSSR count). The summed E-state index contributed by atoms with van der Waals surface area (Å²) < 4.78 is 1.09. The molecule has 2 nitrogen and oxygen atoms in total. The van der Waals surface area contributed by atoms with Crippen molar-refractivity contribution in [2.24, 2.45) is 0 Å². The number of hydrogen-bond donors (Lipinski definition) is 0. The fourth-order valence-electron chi connectivity index (χ4n) is 7.48. The normalized spacial score (nSPS) is 16.5. The van der Waals surface area contributed by atoms with Crippen LogP contribution in [0.2, 0.25) is 0 Å². The van der Waals surface area contributed by atoms with Crippen LogP contribution in [0.5, 0.6) is 0 Å². The Bertz CT molecular complexity index is 2200. The molecular weight excluding hydrogens is 612 g/mol. The van der Waals surface area contributed by atoms with Crippen molar-refractivity contribution in [1.29, 1.82) is 0 Å². The highest BCUT2D eigenvalue weighted by atomic mass is 79.9. The standard InChI is InChI=1S/C42H29BrN2/c43-32-22-24-38-40(27-32)45(34-17-5-2-6-18-34)41-37-23-21-30(26-39(37)44(42(38)41)33-15-3-1-4-16-33)29-13-9-14-31(25-29)36-20-10-12-28-11-7-8-19-35(28)36/h1-27,41-42H. The molecule has 0 saturated carbocycles. The first-order chi connectivity index (χ1) is 22.2. The highest BCUT2D eigenvalue weighted by Gasteiger charge is 2.50. The second-order valence-corrected chi connectivity index (χ2v) is 12.8. The van der Waals surface area contributed by atoms with Gasteiger partial charge in [0.05, 0.1) is 12.1 Å². The summed E-state index contributed by atoms with van der Waals surface area (Å²) in [6.45, 7) is 0. The van der Waals surface area contributed by atoms with E-state index < -0.39 is 0 Å². The zero-order valence-corrected chi connectivity index (χ0v) is 26.1. The quantitative estimate of drug-likeness (QED) is 0.189. The van der Waals surface area contributed by atoms with Gasteiger partial charge in [0.25, 0.3) is 0 Å². The summed E-state index contributed by atoms with van der Waals surface area (Å²) in [5, 5.41) is 2.54. The number of para-hydroxylation sites is 2. The molecule has 45 heavy (non-hydrogen) atoms. The second-order valence-electron chi connectivity index (χ2n) is 11.9. The summed E-state index contributed by atoms with van der Waals surface area (Å²) in [7, 11) is 0. The van der Waals surface area contributed by atoms with Crippen molar-refractivity contribution in [3.8, 4) is 22.3 Å². The van der Waals surface area contributed by atoms with Crippen LogP contribution in [0.3, 0.4) is 0 Å². The lowest BCUT2D eigenvalue weighted by molar-refractivity contribution is 0.634. The maximum atomic E-state index is 3.77. The molecule has 7 aromatic rings. The Morgan fingerprint density at radius 2 is 0.978 bits per heavy atom. The van der Waals surface area contributed by atoms with E-state index in [1.54, 1.807) is 0 Å². The van der Waals surface area contributed by atoms with Gasteiger partial charge in [-0.15, -0.1) is 0 Å². The van der Waals surface area contributed by atoms with Crippen LogP contribution in [0.1, 0.15) is 23.2 Å². The Morgan fingerprint density at radius 1 is 0.422 bits per heavy atom. The Morgan fingerprint density at radius 3 is 1.71 bits per heavy atom. The van der Waals surface area contributed by atoms with Crippen molar-refractivity contribution in [3.63, 3.8) is 0 Å². The zero-order chi connectivity index (χ0) is 29.9. The summed E-state index contributed by atoms with van der Waals surface area (Å²) in [6, 6.07) is 60.0. The van der Waals surface area contributed by atoms with Crippen molar-refractivity contribution in [2.75, 3.05) is 9.80 Å². The number of anilines is 4. The molecule has 0 amide bonds. The highest BCUT2D eigenvalue weighted by Crippen LogP contribution is 2.63. The molecule has 0 N–H and O–H groups in total. The van der Waals surface area contributed by atoms with Crippen molar-refractivity contribution >= 4 is 49.5 Å². The van der Waals surface area contributed by atoms with Gasteiger partial charge in [0.2, 0.25) is 0 Å². The number of nitrogens with zero attached hydrogens (tertiary/aromatic N) is 2. The Balaban J connectivity index is 1.22. The smallest absolute Gasteiger partial charge is 0.0861 e. The van der Waals surface area contributed by atoms with Crippen LogP contribution >= 0.6 is 15.9 Å². The third-order valence-electron chi connectivity index (χ3n) is 9.40. The maximum absolute atomic E-state index is 3.77. The Labute approximate surface area is 272 Å². The first-order valence-corrected chi connectivity index (χ1v) is 16.2. The number of halogens is 1. The minimum absolute atomic E-state index is 0.142. The van der Waals surface area contributed by atoms with Gasteiger partial charge in [-0.25, -0.2) is 0 Å². The van der Waals surface area contributed by atoms with Crippen molar-refractivity contribution in [3.05, 3.63) is 179 Å². The van der Waals surface area contributed by atoms with Crippen molar-refractivity contribution < 1.29 is 0 Å². The fraction of sp³-hybridized carbons (Fsp3) is 0.0476. The monoisotopic (exact) mass is 640 g/mol. The van der Waals surface area contributed by atoms with E-state index >= 15 is 0 Å². The first kappa shape index (κ1) is 26.3. The van der Waals surface area contributed by atoms with Gasteiger partial charge in [0.1, 0.15) is 0 Å². The van der Waals surface area contributed by atoms with Crippen molar-refractivity contribution in [1.82, 2.24) is 0 Å². The SMILES string of the molecule is Brc1ccc2c(c1)N(c1ccccc1)C1c3ccc(-c4cccc(-c5cccc6ccccc56)c4)cc3N(c3ccccc3)C21. The topological polar surface area (TPSA) is 6.48 Å². The summed E-state index contributed by atoms with van der Waals surface area (Å²) in [5.41, 5.74) is 12.5.